The van der Waals surface area contributed by atoms with Crippen molar-refractivity contribution < 1.29 is 10.0 Å². The van der Waals surface area contributed by atoms with E-state index < -0.39 is 0 Å². The number of rotatable bonds is 5. The number of Topliss-reactive ketones (excluding diaryl/α,β-unsaturated/α-hetero) is 1. The fraction of sp³-hybridized carbons (Fsp3) is 0.333. The van der Waals surface area contributed by atoms with Crippen molar-refractivity contribution in [2.24, 2.45) is 10.6 Å². The maximum atomic E-state index is 12.3. The van der Waals surface area contributed by atoms with E-state index in [1.54, 1.807) is 12.1 Å². The van der Waals surface area contributed by atoms with E-state index in [1.165, 1.54) is 0 Å². The number of carbonyl (C=O) groups is 1. The van der Waals surface area contributed by atoms with Gasteiger partial charge in [-0.1, -0.05) is 66.2 Å². The Labute approximate surface area is 125 Å². The van der Waals surface area contributed by atoms with E-state index >= 15 is 0 Å². The van der Waals surface area contributed by atoms with Gasteiger partial charge in [-0.3, -0.25) is 4.79 Å². The van der Waals surface area contributed by atoms with Gasteiger partial charge in [-0.15, -0.1) is 0 Å². The van der Waals surface area contributed by atoms with Crippen LogP contribution in [0.3, 0.4) is 0 Å². The Kier molecular flexibility index (Phi) is 4.73. The fourth-order valence-electron chi connectivity index (χ4n) is 2.44. The van der Waals surface area contributed by atoms with Crippen molar-refractivity contribution >= 4 is 11.5 Å². The van der Waals surface area contributed by atoms with Crippen LogP contribution in [0.5, 0.6) is 0 Å². The third-order valence-corrected chi connectivity index (χ3v) is 3.96. The molecule has 21 heavy (non-hydrogen) atoms. The van der Waals surface area contributed by atoms with Gasteiger partial charge in [0.2, 0.25) is 5.78 Å². The highest BCUT2D eigenvalue weighted by molar-refractivity contribution is 6.45. The SMILES string of the molecule is Cc1ccc(C(=O)C(CCC2(C)C=CC=CC2)=NO)cc1. The molecule has 0 amide bonds. The quantitative estimate of drug-likeness (QED) is 0.379. The lowest BCUT2D eigenvalue weighted by Crippen LogP contribution is -2.20. The first-order valence-corrected chi connectivity index (χ1v) is 7.21. The van der Waals surface area contributed by atoms with Crippen LogP contribution in [0.2, 0.25) is 0 Å². The van der Waals surface area contributed by atoms with Crippen molar-refractivity contribution in [3.8, 4) is 0 Å². The number of oxime groups is 1. The van der Waals surface area contributed by atoms with Gasteiger partial charge >= 0.3 is 0 Å². The summed E-state index contributed by atoms with van der Waals surface area (Å²) in [6.07, 6.45) is 10.5. The second-order valence-electron chi connectivity index (χ2n) is 5.89. The maximum absolute atomic E-state index is 12.3. The second-order valence-corrected chi connectivity index (χ2v) is 5.89. The fourth-order valence-corrected chi connectivity index (χ4v) is 2.44. The molecule has 0 saturated heterocycles. The van der Waals surface area contributed by atoms with Gasteiger partial charge in [0.05, 0.1) is 0 Å². The highest BCUT2D eigenvalue weighted by Gasteiger charge is 2.24. The zero-order chi connectivity index (χ0) is 15.3. The summed E-state index contributed by atoms with van der Waals surface area (Å²) in [6, 6.07) is 7.32. The van der Waals surface area contributed by atoms with Crippen LogP contribution in [0, 0.1) is 12.3 Å². The molecule has 3 heteroatoms. The van der Waals surface area contributed by atoms with Gasteiger partial charge in [0.1, 0.15) is 5.71 Å². The van der Waals surface area contributed by atoms with Gasteiger partial charge in [0.25, 0.3) is 0 Å². The molecule has 1 unspecified atom stereocenters. The van der Waals surface area contributed by atoms with Crippen molar-refractivity contribution in [3.63, 3.8) is 0 Å². The summed E-state index contributed by atoms with van der Waals surface area (Å²) in [4.78, 5) is 12.3. The number of ketones is 1. The molecule has 3 nitrogen and oxygen atoms in total. The lowest BCUT2D eigenvalue weighted by molar-refractivity contribution is 0.105. The van der Waals surface area contributed by atoms with Crippen molar-refractivity contribution in [1.82, 2.24) is 0 Å². The lowest BCUT2D eigenvalue weighted by atomic mass is 9.79. The minimum absolute atomic E-state index is 0.0260. The van der Waals surface area contributed by atoms with Crippen LogP contribution in [0.15, 0.2) is 53.7 Å². The third-order valence-electron chi connectivity index (χ3n) is 3.96. The molecule has 0 fully saturated rings. The van der Waals surface area contributed by atoms with Crippen LogP contribution in [0.1, 0.15) is 42.1 Å². The van der Waals surface area contributed by atoms with E-state index in [0.29, 0.717) is 12.0 Å². The molecule has 0 aliphatic heterocycles. The zero-order valence-corrected chi connectivity index (χ0v) is 12.5. The molecular formula is C18H21NO2. The Bertz CT molecular complexity index is 596. The zero-order valence-electron chi connectivity index (χ0n) is 12.5. The molecule has 0 spiro atoms. The molecule has 0 radical (unpaired) electrons. The molecule has 0 bridgehead atoms. The molecule has 0 heterocycles. The predicted octanol–water partition coefficient (Wildman–Crippen LogP) is 4.31. The minimum Gasteiger partial charge on any atom is -0.411 e. The summed E-state index contributed by atoms with van der Waals surface area (Å²) in [5.41, 5.74) is 1.92. The van der Waals surface area contributed by atoms with E-state index in [-0.39, 0.29) is 16.9 Å². The van der Waals surface area contributed by atoms with Crippen molar-refractivity contribution in [2.45, 2.75) is 33.1 Å². The number of hydrogen-bond donors (Lipinski definition) is 1. The van der Waals surface area contributed by atoms with Gasteiger partial charge < -0.3 is 5.21 Å². The molecule has 0 saturated carbocycles. The maximum Gasteiger partial charge on any atom is 0.210 e. The average molecular weight is 283 g/mol. The Morgan fingerprint density at radius 2 is 2.00 bits per heavy atom. The molecule has 1 aromatic carbocycles. The number of nitrogens with zero attached hydrogens (tertiary/aromatic N) is 1. The Hall–Kier alpha value is -2.16. The minimum atomic E-state index is -0.198. The Balaban J connectivity index is 2.03. The van der Waals surface area contributed by atoms with Gasteiger partial charge in [-0.2, -0.15) is 0 Å². The van der Waals surface area contributed by atoms with E-state index in [1.807, 2.05) is 31.2 Å². The van der Waals surface area contributed by atoms with Gasteiger partial charge in [-0.05, 0) is 31.6 Å². The van der Waals surface area contributed by atoms with E-state index in [0.717, 1.165) is 18.4 Å². The number of hydrogen-bond acceptors (Lipinski definition) is 3. The molecule has 1 aliphatic carbocycles. The summed E-state index contributed by atoms with van der Waals surface area (Å²) >= 11 is 0. The molecule has 1 N–H and O–H groups in total. The van der Waals surface area contributed by atoms with Crippen LogP contribution in [0.25, 0.3) is 0 Å². The summed E-state index contributed by atoms with van der Waals surface area (Å²) in [5, 5.41) is 12.4. The summed E-state index contributed by atoms with van der Waals surface area (Å²) in [5.74, 6) is -0.198. The van der Waals surface area contributed by atoms with E-state index in [4.69, 9.17) is 5.21 Å². The smallest absolute Gasteiger partial charge is 0.210 e. The van der Waals surface area contributed by atoms with Crippen molar-refractivity contribution in [3.05, 3.63) is 59.7 Å². The molecule has 1 atom stereocenters. The van der Waals surface area contributed by atoms with Gasteiger partial charge in [0.15, 0.2) is 0 Å². The third kappa shape index (κ3) is 3.91. The first-order valence-electron chi connectivity index (χ1n) is 7.21. The summed E-state index contributed by atoms with van der Waals surface area (Å²) < 4.78 is 0. The van der Waals surface area contributed by atoms with E-state index in [2.05, 4.69) is 24.2 Å². The summed E-state index contributed by atoms with van der Waals surface area (Å²) in [6.45, 7) is 4.12. The van der Waals surface area contributed by atoms with Gasteiger partial charge in [-0.25, -0.2) is 0 Å². The van der Waals surface area contributed by atoms with Crippen molar-refractivity contribution in [1.29, 1.82) is 0 Å². The number of benzene rings is 1. The summed E-state index contributed by atoms with van der Waals surface area (Å²) in [7, 11) is 0. The van der Waals surface area contributed by atoms with E-state index in [9.17, 15) is 4.79 Å². The number of allylic oxidation sites excluding steroid dienone is 4. The monoisotopic (exact) mass is 283 g/mol. The highest BCUT2D eigenvalue weighted by atomic mass is 16.4. The van der Waals surface area contributed by atoms with Crippen LogP contribution >= 0.6 is 0 Å². The molecule has 1 aromatic rings. The van der Waals surface area contributed by atoms with Crippen molar-refractivity contribution in [2.75, 3.05) is 0 Å². The topological polar surface area (TPSA) is 49.7 Å². The highest BCUT2D eigenvalue weighted by Crippen LogP contribution is 2.32. The second kappa shape index (κ2) is 6.53. The largest absolute Gasteiger partial charge is 0.411 e. The van der Waals surface area contributed by atoms with Crippen LogP contribution in [0.4, 0.5) is 0 Å². The Morgan fingerprint density at radius 1 is 1.29 bits per heavy atom. The average Bonchev–Trinajstić information content (AvgIpc) is 2.49. The molecule has 1 aliphatic rings. The first kappa shape index (κ1) is 15.2. The molecule has 110 valence electrons. The first-order chi connectivity index (χ1) is 10.0. The number of aryl methyl sites for hydroxylation is 1. The van der Waals surface area contributed by atoms with Crippen LogP contribution in [-0.4, -0.2) is 16.7 Å². The lowest BCUT2D eigenvalue weighted by Gasteiger charge is -2.26. The van der Waals surface area contributed by atoms with Gasteiger partial charge in [0, 0.05) is 5.56 Å². The number of carbonyl (C=O) groups excluding carboxylic acids is 1. The normalized spacial score (nSPS) is 21.5. The Morgan fingerprint density at radius 3 is 2.57 bits per heavy atom. The standard InChI is InChI=1S/C18H21NO2/c1-14-6-8-15(9-7-14)17(20)16(19-21)10-13-18(2)11-4-3-5-12-18/h3-9,11,21H,10,12-13H2,1-2H3. The van der Waals surface area contributed by atoms with Crippen LogP contribution < -0.4 is 0 Å². The molecule has 2 rings (SSSR count). The molecule has 0 aromatic heterocycles. The van der Waals surface area contributed by atoms with Crippen LogP contribution in [-0.2, 0) is 0 Å². The molecular weight excluding hydrogens is 262 g/mol. The predicted molar refractivity (Wildman–Crippen MR) is 85.0 cm³/mol.